The van der Waals surface area contributed by atoms with E-state index in [1.807, 2.05) is 12.1 Å². The molecule has 0 aromatic heterocycles. The van der Waals surface area contributed by atoms with Gasteiger partial charge in [-0.25, -0.2) is 0 Å². The number of halogens is 2. The highest BCUT2D eigenvalue weighted by atomic mass is 35.5. The van der Waals surface area contributed by atoms with Crippen LogP contribution < -0.4 is 5.32 Å². The van der Waals surface area contributed by atoms with Crippen LogP contribution in [0.15, 0.2) is 42.5 Å². The number of anilines is 1. The van der Waals surface area contributed by atoms with Gasteiger partial charge in [-0.15, -0.1) is 12.4 Å². The molecule has 0 radical (unpaired) electrons. The van der Waals surface area contributed by atoms with Crippen LogP contribution in [0.4, 0.5) is 5.69 Å². The highest BCUT2D eigenvalue weighted by Gasteiger charge is 2.25. The molecule has 0 aliphatic carbocycles. The average Bonchev–Trinajstić information content (AvgIpc) is 2.41. The van der Waals surface area contributed by atoms with Gasteiger partial charge in [-0.2, -0.15) is 0 Å². The fourth-order valence-corrected chi connectivity index (χ4v) is 3.05. The van der Waals surface area contributed by atoms with Crippen LogP contribution in [0, 0.1) is 6.92 Å². The molecule has 2 unspecified atom stereocenters. The Bertz CT molecular complexity index is 592. The summed E-state index contributed by atoms with van der Waals surface area (Å²) < 4.78 is 0. The van der Waals surface area contributed by atoms with Crippen molar-refractivity contribution in [3.63, 3.8) is 0 Å². The lowest BCUT2D eigenvalue weighted by Gasteiger charge is -2.33. The Morgan fingerprint density at radius 2 is 1.80 bits per heavy atom. The van der Waals surface area contributed by atoms with E-state index in [-0.39, 0.29) is 12.4 Å². The first-order chi connectivity index (χ1) is 9.15. The van der Waals surface area contributed by atoms with Crippen LogP contribution in [-0.4, -0.2) is 0 Å². The summed E-state index contributed by atoms with van der Waals surface area (Å²) in [6, 6.07) is 15.1. The van der Waals surface area contributed by atoms with Crippen molar-refractivity contribution in [2.24, 2.45) is 0 Å². The van der Waals surface area contributed by atoms with E-state index in [0.29, 0.717) is 12.0 Å². The third-order valence-corrected chi connectivity index (χ3v) is 4.27. The molecule has 1 heterocycles. The lowest BCUT2D eigenvalue weighted by molar-refractivity contribution is 0.578. The first-order valence-electron chi connectivity index (χ1n) is 6.76. The van der Waals surface area contributed by atoms with Crippen LogP contribution in [0.3, 0.4) is 0 Å². The fourth-order valence-electron chi connectivity index (χ4n) is 2.93. The number of para-hydroxylation sites is 1. The number of hydrogen-bond acceptors (Lipinski definition) is 1. The van der Waals surface area contributed by atoms with Crippen LogP contribution in [-0.2, 0) is 0 Å². The fraction of sp³-hybridized carbons (Fsp3) is 0.294. The largest absolute Gasteiger partial charge is 0.378 e. The standard InChI is InChI=1S/C17H18ClN.ClH/c1-11-4-3-5-15-12(2)10-16(19-17(11)15)13-6-8-14(18)9-7-13;/h3-9,12,16,19H,10H2,1-2H3;1H. The number of aryl methyl sites for hydroxylation is 1. The number of rotatable bonds is 1. The molecule has 0 amide bonds. The lowest BCUT2D eigenvalue weighted by atomic mass is 9.84. The minimum absolute atomic E-state index is 0. The Labute approximate surface area is 131 Å². The predicted octanol–water partition coefficient (Wildman–Crippen LogP) is 5.73. The Hall–Kier alpha value is -1.18. The van der Waals surface area contributed by atoms with E-state index in [1.54, 1.807) is 0 Å². The van der Waals surface area contributed by atoms with Crippen molar-refractivity contribution in [2.45, 2.75) is 32.2 Å². The zero-order valence-electron chi connectivity index (χ0n) is 11.7. The minimum Gasteiger partial charge on any atom is -0.378 e. The molecule has 0 spiro atoms. The summed E-state index contributed by atoms with van der Waals surface area (Å²) in [5.41, 5.74) is 5.37. The number of hydrogen-bond donors (Lipinski definition) is 1. The highest BCUT2D eigenvalue weighted by Crippen LogP contribution is 2.41. The van der Waals surface area contributed by atoms with Crippen LogP contribution in [0.2, 0.25) is 5.02 Å². The van der Waals surface area contributed by atoms with Crippen LogP contribution in [0.25, 0.3) is 0 Å². The van der Waals surface area contributed by atoms with Crippen molar-refractivity contribution in [1.82, 2.24) is 0 Å². The summed E-state index contributed by atoms with van der Waals surface area (Å²) in [5.74, 6) is 0.580. The van der Waals surface area contributed by atoms with Gasteiger partial charge >= 0.3 is 0 Å². The molecule has 1 aliphatic rings. The smallest absolute Gasteiger partial charge is 0.0519 e. The second-order valence-electron chi connectivity index (χ2n) is 5.42. The van der Waals surface area contributed by atoms with Gasteiger partial charge in [0, 0.05) is 10.7 Å². The SMILES string of the molecule is Cc1cccc2c1NC(c1ccc(Cl)cc1)CC2C.Cl. The molecule has 0 saturated carbocycles. The molecule has 3 rings (SSSR count). The molecular formula is C17H19Cl2N. The van der Waals surface area contributed by atoms with Gasteiger partial charge in [0.15, 0.2) is 0 Å². The Morgan fingerprint density at radius 3 is 2.50 bits per heavy atom. The minimum atomic E-state index is 0. The Kier molecular flexibility index (Phi) is 4.62. The van der Waals surface area contributed by atoms with Gasteiger partial charge < -0.3 is 5.32 Å². The molecule has 0 saturated heterocycles. The third kappa shape index (κ3) is 2.79. The first-order valence-corrected chi connectivity index (χ1v) is 7.14. The Balaban J connectivity index is 0.00000147. The van der Waals surface area contributed by atoms with E-state index >= 15 is 0 Å². The number of fused-ring (bicyclic) bond motifs is 1. The van der Waals surface area contributed by atoms with Gasteiger partial charge in [0.05, 0.1) is 6.04 Å². The number of nitrogens with one attached hydrogen (secondary N) is 1. The van der Waals surface area contributed by atoms with Crippen molar-refractivity contribution in [1.29, 1.82) is 0 Å². The molecule has 2 aromatic carbocycles. The topological polar surface area (TPSA) is 12.0 Å². The van der Waals surface area contributed by atoms with Gasteiger partial charge in [0.25, 0.3) is 0 Å². The zero-order valence-corrected chi connectivity index (χ0v) is 13.3. The molecule has 20 heavy (non-hydrogen) atoms. The molecule has 0 fully saturated rings. The van der Waals surface area contributed by atoms with E-state index in [1.165, 1.54) is 22.4 Å². The highest BCUT2D eigenvalue weighted by molar-refractivity contribution is 6.30. The molecule has 2 atom stereocenters. The first kappa shape index (κ1) is 15.2. The van der Waals surface area contributed by atoms with Crippen molar-refractivity contribution < 1.29 is 0 Å². The van der Waals surface area contributed by atoms with Gasteiger partial charge in [-0.1, -0.05) is 48.9 Å². The van der Waals surface area contributed by atoms with E-state index in [9.17, 15) is 0 Å². The molecule has 0 bridgehead atoms. The normalized spacial score (nSPS) is 20.6. The van der Waals surface area contributed by atoms with Crippen molar-refractivity contribution in [2.75, 3.05) is 5.32 Å². The van der Waals surface area contributed by atoms with Crippen LogP contribution in [0.5, 0.6) is 0 Å². The average molecular weight is 308 g/mol. The molecule has 1 aliphatic heterocycles. The third-order valence-electron chi connectivity index (χ3n) is 4.02. The quantitative estimate of drug-likeness (QED) is 0.709. The van der Waals surface area contributed by atoms with Crippen molar-refractivity contribution in [3.8, 4) is 0 Å². The maximum absolute atomic E-state index is 5.97. The summed E-state index contributed by atoms with van der Waals surface area (Å²) in [7, 11) is 0. The van der Waals surface area contributed by atoms with E-state index in [2.05, 4.69) is 49.5 Å². The van der Waals surface area contributed by atoms with E-state index in [0.717, 1.165) is 11.4 Å². The molecular weight excluding hydrogens is 289 g/mol. The maximum Gasteiger partial charge on any atom is 0.0519 e. The van der Waals surface area contributed by atoms with Gasteiger partial charge in [0.2, 0.25) is 0 Å². The summed E-state index contributed by atoms with van der Waals surface area (Å²) in [6.07, 6.45) is 1.12. The summed E-state index contributed by atoms with van der Waals surface area (Å²) >= 11 is 5.97. The lowest BCUT2D eigenvalue weighted by Crippen LogP contribution is -2.21. The molecule has 2 aromatic rings. The number of benzene rings is 2. The Morgan fingerprint density at radius 1 is 1.10 bits per heavy atom. The maximum atomic E-state index is 5.97. The summed E-state index contributed by atoms with van der Waals surface area (Å²) in [4.78, 5) is 0. The summed E-state index contributed by atoms with van der Waals surface area (Å²) in [6.45, 7) is 4.48. The monoisotopic (exact) mass is 307 g/mol. The van der Waals surface area contributed by atoms with Crippen molar-refractivity contribution >= 4 is 29.7 Å². The van der Waals surface area contributed by atoms with Gasteiger partial charge in [0.1, 0.15) is 0 Å². The summed E-state index contributed by atoms with van der Waals surface area (Å²) in [5, 5.41) is 4.48. The molecule has 3 heteroatoms. The molecule has 106 valence electrons. The molecule has 1 N–H and O–H groups in total. The predicted molar refractivity (Wildman–Crippen MR) is 89.3 cm³/mol. The van der Waals surface area contributed by atoms with E-state index < -0.39 is 0 Å². The van der Waals surface area contributed by atoms with Gasteiger partial charge in [-0.05, 0) is 48.1 Å². The van der Waals surface area contributed by atoms with Crippen LogP contribution in [0.1, 0.15) is 42.0 Å². The van der Waals surface area contributed by atoms with Gasteiger partial charge in [-0.3, -0.25) is 0 Å². The molecule has 1 nitrogen and oxygen atoms in total. The zero-order chi connectivity index (χ0) is 13.4. The van der Waals surface area contributed by atoms with E-state index in [4.69, 9.17) is 11.6 Å². The second kappa shape index (κ2) is 6.07. The van der Waals surface area contributed by atoms with Crippen LogP contribution >= 0.6 is 24.0 Å². The second-order valence-corrected chi connectivity index (χ2v) is 5.86. The van der Waals surface area contributed by atoms with Crippen molar-refractivity contribution in [3.05, 3.63) is 64.2 Å².